The number of benzene rings is 3. The summed E-state index contributed by atoms with van der Waals surface area (Å²) < 4.78 is 2.10. The summed E-state index contributed by atoms with van der Waals surface area (Å²) in [5, 5.41) is 6.69. The third-order valence-corrected chi connectivity index (χ3v) is 4.68. The SMILES string of the molecule is c1ccc(Nc2scc(-c3ccccc3)[n+]2Nc2ccccc2)cc1. The predicted molar refractivity (Wildman–Crippen MR) is 105 cm³/mol. The molecule has 1 aromatic heterocycles. The van der Waals surface area contributed by atoms with Crippen LogP contribution in [0.2, 0.25) is 0 Å². The van der Waals surface area contributed by atoms with E-state index in [1.54, 1.807) is 11.3 Å². The van der Waals surface area contributed by atoms with Crippen LogP contribution in [0, 0.1) is 0 Å². The summed E-state index contributed by atoms with van der Waals surface area (Å²) in [4.78, 5) is 0. The molecule has 0 unspecified atom stereocenters. The van der Waals surface area contributed by atoms with E-state index in [2.05, 4.69) is 69.3 Å². The van der Waals surface area contributed by atoms with E-state index in [4.69, 9.17) is 0 Å². The zero-order valence-corrected chi connectivity index (χ0v) is 14.4. The maximum atomic E-state index is 3.50. The molecule has 0 spiro atoms. The van der Waals surface area contributed by atoms with E-state index >= 15 is 0 Å². The van der Waals surface area contributed by atoms with E-state index < -0.39 is 0 Å². The number of para-hydroxylation sites is 2. The van der Waals surface area contributed by atoms with Gasteiger partial charge in [-0.3, -0.25) is 0 Å². The third kappa shape index (κ3) is 3.54. The second-order valence-corrected chi connectivity index (χ2v) is 6.45. The molecule has 1 heterocycles. The van der Waals surface area contributed by atoms with E-state index in [0.717, 1.165) is 22.2 Å². The van der Waals surface area contributed by atoms with Gasteiger partial charge in [0.05, 0.1) is 5.69 Å². The average molecular weight is 344 g/mol. The minimum Gasteiger partial charge on any atom is -0.229 e. The lowest BCUT2D eigenvalue weighted by molar-refractivity contribution is -0.612. The first-order valence-corrected chi connectivity index (χ1v) is 9.01. The monoisotopic (exact) mass is 344 g/mol. The molecule has 122 valence electrons. The fraction of sp³-hybridized carbons (Fsp3) is 0. The highest BCUT2D eigenvalue weighted by Crippen LogP contribution is 2.25. The number of hydrogen-bond acceptors (Lipinski definition) is 3. The fourth-order valence-electron chi connectivity index (χ4n) is 2.62. The van der Waals surface area contributed by atoms with Crippen LogP contribution in [0.4, 0.5) is 16.5 Å². The van der Waals surface area contributed by atoms with Gasteiger partial charge in [-0.1, -0.05) is 78.1 Å². The molecule has 0 radical (unpaired) electrons. The molecule has 0 saturated heterocycles. The predicted octanol–water partition coefficient (Wildman–Crippen LogP) is 5.32. The van der Waals surface area contributed by atoms with Crippen molar-refractivity contribution in [2.24, 2.45) is 0 Å². The quantitative estimate of drug-likeness (QED) is 0.480. The second-order valence-electron chi connectivity index (χ2n) is 5.60. The molecular formula is C21H18N3S+. The van der Waals surface area contributed by atoms with Crippen molar-refractivity contribution in [2.75, 3.05) is 10.7 Å². The highest BCUT2D eigenvalue weighted by atomic mass is 32.1. The fourth-order valence-corrected chi connectivity index (χ4v) is 3.51. The normalized spacial score (nSPS) is 10.4. The lowest BCUT2D eigenvalue weighted by Crippen LogP contribution is -2.44. The summed E-state index contributed by atoms with van der Waals surface area (Å²) >= 11 is 1.67. The molecule has 2 N–H and O–H groups in total. The highest BCUT2D eigenvalue weighted by Gasteiger charge is 2.20. The first-order valence-electron chi connectivity index (χ1n) is 8.13. The van der Waals surface area contributed by atoms with Crippen LogP contribution in [0.15, 0.2) is 96.4 Å². The molecule has 0 amide bonds. The maximum Gasteiger partial charge on any atom is 0.363 e. The zero-order chi connectivity index (χ0) is 16.9. The molecule has 25 heavy (non-hydrogen) atoms. The highest BCUT2D eigenvalue weighted by molar-refractivity contribution is 7.13. The van der Waals surface area contributed by atoms with Gasteiger partial charge < -0.3 is 0 Å². The Morgan fingerprint density at radius 3 is 1.84 bits per heavy atom. The number of hydrogen-bond donors (Lipinski definition) is 2. The van der Waals surface area contributed by atoms with Crippen LogP contribution in [0.1, 0.15) is 0 Å². The van der Waals surface area contributed by atoms with E-state index in [0.29, 0.717) is 0 Å². The number of thiazole rings is 1. The molecule has 3 aromatic carbocycles. The third-order valence-electron chi connectivity index (χ3n) is 3.84. The number of anilines is 3. The van der Waals surface area contributed by atoms with E-state index in [1.165, 1.54) is 5.56 Å². The standard InChI is InChI=1S/C21H17N3S/c1-4-10-17(11-5-1)20-16-25-21(22-18-12-6-2-7-13-18)24(20)23-19-14-8-3-9-15-19/h1-16,23H/p+1. The molecular weight excluding hydrogens is 326 g/mol. The first-order chi connectivity index (χ1) is 12.4. The molecule has 0 aliphatic rings. The Labute approximate surface area is 151 Å². The van der Waals surface area contributed by atoms with Crippen LogP contribution in [-0.2, 0) is 0 Å². The Morgan fingerprint density at radius 2 is 1.20 bits per heavy atom. The van der Waals surface area contributed by atoms with Crippen LogP contribution in [0.25, 0.3) is 11.3 Å². The summed E-state index contributed by atoms with van der Waals surface area (Å²) in [5.74, 6) is 0. The molecule has 0 aliphatic carbocycles. The van der Waals surface area contributed by atoms with Crippen molar-refractivity contribution in [3.8, 4) is 11.3 Å². The van der Waals surface area contributed by atoms with Gasteiger partial charge in [0.25, 0.3) is 0 Å². The minimum absolute atomic E-state index is 1.02. The Morgan fingerprint density at radius 1 is 0.640 bits per heavy atom. The number of nitrogens with zero attached hydrogens (tertiary/aromatic N) is 1. The van der Waals surface area contributed by atoms with Crippen molar-refractivity contribution in [3.05, 3.63) is 96.4 Å². The topological polar surface area (TPSA) is 27.9 Å². The smallest absolute Gasteiger partial charge is 0.229 e. The van der Waals surface area contributed by atoms with Gasteiger partial charge in [-0.15, -0.1) is 4.68 Å². The largest absolute Gasteiger partial charge is 0.363 e. The van der Waals surface area contributed by atoms with Crippen molar-refractivity contribution >= 4 is 27.8 Å². The summed E-state index contributed by atoms with van der Waals surface area (Å²) in [7, 11) is 0. The van der Waals surface area contributed by atoms with Crippen molar-refractivity contribution in [1.29, 1.82) is 0 Å². The first kappa shape index (κ1) is 15.4. The van der Waals surface area contributed by atoms with Gasteiger partial charge in [-0.05, 0) is 24.3 Å². The van der Waals surface area contributed by atoms with Crippen molar-refractivity contribution in [1.82, 2.24) is 0 Å². The molecule has 4 heteroatoms. The molecule has 4 aromatic rings. The van der Waals surface area contributed by atoms with Gasteiger partial charge in [0.2, 0.25) is 0 Å². The molecule has 0 saturated carbocycles. The molecule has 3 nitrogen and oxygen atoms in total. The van der Waals surface area contributed by atoms with Crippen LogP contribution in [-0.4, -0.2) is 0 Å². The summed E-state index contributed by atoms with van der Waals surface area (Å²) in [6.45, 7) is 0. The van der Waals surface area contributed by atoms with Crippen LogP contribution in [0.5, 0.6) is 0 Å². The van der Waals surface area contributed by atoms with Gasteiger partial charge in [0, 0.05) is 10.9 Å². The van der Waals surface area contributed by atoms with Gasteiger partial charge in [-0.25, -0.2) is 10.7 Å². The Balaban J connectivity index is 1.75. The number of nitrogens with one attached hydrogen (secondary N) is 2. The number of rotatable bonds is 5. The lowest BCUT2D eigenvalue weighted by Gasteiger charge is -2.08. The zero-order valence-electron chi connectivity index (χ0n) is 13.6. The molecule has 0 atom stereocenters. The molecule has 4 rings (SSSR count). The summed E-state index contributed by atoms with van der Waals surface area (Å²) in [6, 6.07) is 30.8. The molecule has 0 bridgehead atoms. The van der Waals surface area contributed by atoms with Crippen LogP contribution < -0.4 is 15.4 Å². The van der Waals surface area contributed by atoms with Crippen molar-refractivity contribution < 1.29 is 4.68 Å². The van der Waals surface area contributed by atoms with E-state index in [9.17, 15) is 0 Å². The van der Waals surface area contributed by atoms with Gasteiger partial charge >= 0.3 is 5.13 Å². The minimum atomic E-state index is 1.02. The Bertz CT molecular complexity index is 935. The van der Waals surface area contributed by atoms with Crippen LogP contribution >= 0.6 is 11.3 Å². The Kier molecular flexibility index (Phi) is 4.44. The second kappa shape index (κ2) is 7.20. The summed E-state index contributed by atoms with van der Waals surface area (Å²) in [5.41, 5.74) is 7.90. The molecule has 0 fully saturated rings. The lowest BCUT2D eigenvalue weighted by atomic mass is 10.2. The average Bonchev–Trinajstić information content (AvgIpc) is 3.06. The Hall–Kier alpha value is -3.11. The van der Waals surface area contributed by atoms with Gasteiger partial charge in [0.1, 0.15) is 5.69 Å². The van der Waals surface area contributed by atoms with Crippen molar-refractivity contribution in [3.63, 3.8) is 0 Å². The van der Waals surface area contributed by atoms with E-state index in [-0.39, 0.29) is 0 Å². The molecule has 0 aliphatic heterocycles. The van der Waals surface area contributed by atoms with Crippen LogP contribution in [0.3, 0.4) is 0 Å². The summed E-state index contributed by atoms with van der Waals surface area (Å²) in [6.07, 6.45) is 0. The van der Waals surface area contributed by atoms with Gasteiger partial charge in [0.15, 0.2) is 5.69 Å². The van der Waals surface area contributed by atoms with Crippen molar-refractivity contribution in [2.45, 2.75) is 0 Å². The van der Waals surface area contributed by atoms with Gasteiger partial charge in [-0.2, -0.15) is 0 Å². The number of aromatic nitrogens is 1. The maximum absolute atomic E-state index is 3.50. The van der Waals surface area contributed by atoms with E-state index in [1.807, 2.05) is 42.5 Å².